The number of carbonyl (C=O) groups is 2. The molecule has 1 saturated heterocycles. The van der Waals surface area contributed by atoms with Gasteiger partial charge in [-0.1, -0.05) is 69.3 Å². The lowest BCUT2D eigenvalue weighted by atomic mass is 9.99. The maximum absolute atomic E-state index is 13.0. The van der Waals surface area contributed by atoms with E-state index in [0.717, 1.165) is 48.2 Å². The summed E-state index contributed by atoms with van der Waals surface area (Å²) < 4.78 is 17.7. The molecule has 0 bridgehead atoms. The van der Waals surface area contributed by atoms with Gasteiger partial charge in [-0.3, -0.25) is 10.1 Å². The number of ether oxygens (including phenoxy) is 2. The summed E-state index contributed by atoms with van der Waals surface area (Å²) in [5, 5.41) is 6.11. The van der Waals surface area contributed by atoms with Crippen LogP contribution >= 0.6 is 0 Å². The molecule has 1 aliphatic rings. The van der Waals surface area contributed by atoms with Crippen LogP contribution < -0.4 is 15.4 Å². The number of aryl methyl sites for hydroxylation is 1. The number of likely N-dealkylation sites (tertiary alicyclic amines) is 1. The highest BCUT2D eigenvalue weighted by molar-refractivity contribution is 6.74. The van der Waals surface area contributed by atoms with Crippen LogP contribution in [-0.2, 0) is 27.0 Å². The number of amides is 2. The molecule has 1 aliphatic heterocycles. The molecule has 0 radical (unpaired) electrons. The minimum atomic E-state index is -1.89. The number of hydrogen-bond acceptors (Lipinski definition) is 6. The summed E-state index contributed by atoms with van der Waals surface area (Å²) in [4.78, 5) is 28.2. The van der Waals surface area contributed by atoms with E-state index < -0.39 is 14.4 Å². The number of piperidine rings is 1. The van der Waals surface area contributed by atoms with E-state index in [4.69, 9.17) is 13.9 Å². The molecule has 0 atom stereocenters. The fourth-order valence-electron chi connectivity index (χ4n) is 4.99. The van der Waals surface area contributed by atoms with Gasteiger partial charge in [-0.2, -0.15) is 0 Å². The monoisotopic (exact) mass is 631 g/mol. The Balaban J connectivity index is 1.40. The average Bonchev–Trinajstić information content (AvgIpc) is 3.00. The average molecular weight is 632 g/mol. The van der Waals surface area contributed by atoms with Crippen molar-refractivity contribution in [2.45, 2.75) is 77.3 Å². The molecule has 0 spiro atoms. The molecule has 0 unspecified atom stereocenters. The van der Waals surface area contributed by atoms with E-state index in [-0.39, 0.29) is 23.5 Å². The first-order valence-electron chi connectivity index (χ1n) is 15.8. The van der Waals surface area contributed by atoms with Crippen LogP contribution in [0.25, 0.3) is 11.1 Å². The van der Waals surface area contributed by atoms with E-state index in [1.165, 1.54) is 0 Å². The molecule has 3 aromatic rings. The van der Waals surface area contributed by atoms with Gasteiger partial charge >= 0.3 is 6.09 Å². The number of methoxy groups -OCH3 is 1. The van der Waals surface area contributed by atoms with Crippen molar-refractivity contribution < 1.29 is 23.5 Å². The van der Waals surface area contributed by atoms with Gasteiger partial charge in [0.05, 0.1) is 25.1 Å². The van der Waals surface area contributed by atoms with E-state index in [9.17, 15) is 9.59 Å². The van der Waals surface area contributed by atoms with Crippen molar-refractivity contribution in [2.75, 3.05) is 37.9 Å². The van der Waals surface area contributed by atoms with Crippen LogP contribution in [0.2, 0.25) is 18.1 Å². The SMILES string of the molecule is COc1cc(CO[Si](C)(C)C(C)(C)C)ccc1NC(=O)CCc1ccc(-c2ccccc2)c(NC(=O)OC2CCN(C)CC2)c1. The molecule has 242 valence electrons. The highest BCUT2D eigenvalue weighted by Gasteiger charge is 2.37. The molecule has 1 fully saturated rings. The summed E-state index contributed by atoms with van der Waals surface area (Å²) in [5.41, 5.74) is 5.10. The summed E-state index contributed by atoms with van der Waals surface area (Å²) in [6.45, 7) is 13.4. The van der Waals surface area contributed by atoms with E-state index >= 15 is 0 Å². The van der Waals surface area contributed by atoms with Crippen molar-refractivity contribution in [1.29, 1.82) is 0 Å². The second kappa shape index (κ2) is 15.1. The van der Waals surface area contributed by atoms with Gasteiger partial charge < -0.3 is 24.1 Å². The fourth-order valence-corrected chi connectivity index (χ4v) is 5.95. The molecule has 9 heteroatoms. The van der Waals surface area contributed by atoms with Gasteiger partial charge in [0.15, 0.2) is 8.32 Å². The van der Waals surface area contributed by atoms with Gasteiger partial charge in [-0.25, -0.2) is 4.79 Å². The Labute approximate surface area is 269 Å². The van der Waals surface area contributed by atoms with Gasteiger partial charge in [0.1, 0.15) is 11.9 Å². The third kappa shape index (κ3) is 9.66. The van der Waals surface area contributed by atoms with Crippen molar-refractivity contribution in [2.24, 2.45) is 0 Å². The number of rotatable bonds is 11. The van der Waals surface area contributed by atoms with Gasteiger partial charge in [-0.05, 0) is 79.3 Å². The first-order valence-corrected chi connectivity index (χ1v) is 18.7. The fraction of sp³-hybridized carbons (Fsp3) is 0.444. The van der Waals surface area contributed by atoms with Crippen molar-refractivity contribution in [1.82, 2.24) is 4.90 Å². The largest absolute Gasteiger partial charge is 0.495 e. The predicted molar refractivity (Wildman–Crippen MR) is 184 cm³/mol. The number of benzene rings is 3. The highest BCUT2D eigenvalue weighted by atomic mass is 28.4. The Hall–Kier alpha value is -3.66. The quantitative estimate of drug-likeness (QED) is 0.208. The Morgan fingerprint density at radius 1 is 0.911 bits per heavy atom. The normalized spacial score (nSPS) is 14.6. The van der Waals surface area contributed by atoms with Crippen LogP contribution in [0.5, 0.6) is 5.75 Å². The lowest BCUT2D eigenvalue weighted by Crippen LogP contribution is -2.40. The van der Waals surface area contributed by atoms with Gasteiger partial charge in [0.25, 0.3) is 0 Å². The van der Waals surface area contributed by atoms with Crippen molar-refractivity contribution in [3.05, 3.63) is 77.9 Å². The van der Waals surface area contributed by atoms with Crippen LogP contribution in [0, 0.1) is 0 Å². The molecule has 0 aromatic heterocycles. The molecule has 4 rings (SSSR count). The number of anilines is 2. The van der Waals surface area contributed by atoms with Gasteiger partial charge in [0.2, 0.25) is 5.91 Å². The highest BCUT2D eigenvalue weighted by Crippen LogP contribution is 2.37. The summed E-state index contributed by atoms with van der Waals surface area (Å²) >= 11 is 0. The van der Waals surface area contributed by atoms with Crippen LogP contribution in [-0.4, -0.2) is 58.6 Å². The number of nitrogens with one attached hydrogen (secondary N) is 2. The lowest BCUT2D eigenvalue weighted by molar-refractivity contribution is -0.116. The minimum absolute atomic E-state index is 0.0935. The van der Waals surface area contributed by atoms with Crippen LogP contribution in [0.3, 0.4) is 0 Å². The number of carbonyl (C=O) groups excluding carboxylic acids is 2. The first-order chi connectivity index (χ1) is 21.3. The second-order valence-corrected chi connectivity index (χ2v) is 18.2. The molecule has 1 heterocycles. The van der Waals surface area contributed by atoms with E-state index in [1.54, 1.807) is 7.11 Å². The van der Waals surface area contributed by atoms with Crippen molar-refractivity contribution in [3.63, 3.8) is 0 Å². The molecule has 2 N–H and O–H groups in total. The van der Waals surface area contributed by atoms with Gasteiger partial charge in [0, 0.05) is 25.1 Å². The summed E-state index contributed by atoms with van der Waals surface area (Å²) in [6.07, 6.45) is 1.86. The molecular weight excluding hydrogens is 582 g/mol. The first kappa shape index (κ1) is 34.2. The second-order valence-electron chi connectivity index (χ2n) is 13.4. The lowest BCUT2D eigenvalue weighted by Gasteiger charge is -2.36. The van der Waals surface area contributed by atoms with Crippen LogP contribution in [0.1, 0.15) is 51.2 Å². The Bertz CT molecular complexity index is 1450. The van der Waals surface area contributed by atoms with Crippen LogP contribution in [0.15, 0.2) is 66.7 Å². The standard InChI is InChI=1S/C36H49N3O5Si/c1-36(2,3)45(6,7)43-25-27-14-17-31(33(24-27)42-5)37-34(40)18-15-26-13-16-30(28-11-9-8-10-12-28)32(23-26)38-35(41)44-29-19-21-39(4)22-20-29/h8-14,16-17,23-24,29H,15,18-22,25H2,1-7H3,(H,37,40)(H,38,41). The molecular formula is C36H49N3O5Si. The smallest absolute Gasteiger partial charge is 0.411 e. The third-order valence-electron chi connectivity index (χ3n) is 8.93. The third-order valence-corrected chi connectivity index (χ3v) is 13.4. The van der Waals surface area contributed by atoms with Crippen molar-refractivity contribution >= 4 is 31.7 Å². The molecule has 0 saturated carbocycles. The summed E-state index contributed by atoms with van der Waals surface area (Å²) in [6, 6.07) is 21.6. The van der Waals surface area contributed by atoms with Gasteiger partial charge in [-0.15, -0.1) is 0 Å². The Kier molecular flexibility index (Phi) is 11.5. The maximum atomic E-state index is 13.0. The zero-order valence-corrected chi connectivity index (χ0v) is 28.9. The maximum Gasteiger partial charge on any atom is 0.411 e. The predicted octanol–water partition coefficient (Wildman–Crippen LogP) is 8.10. The summed E-state index contributed by atoms with van der Waals surface area (Å²) in [5.74, 6) is 0.475. The van der Waals surface area contributed by atoms with E-state index in [2.05, 4.69) is 56.4 Å². The van der Waals surface area contributed by atoms with E-state index in [1.807, 2.05) is 66.7 Å². The van der Waals surface area contributed by atoms with Crippen molar-refractivity contribution in [3.8, 4) is 16.9 Å². The molecule has 3 aromatic carbocycles. The topological polar surface area (TPSA) is 89.1 Å². The minimum Gasteiger partial charge on any atom is -0.495 e. The zero-order valence-electron chi connectivity index (χ0n) is 27.9. The zero-order chi connectivity index (χ0) is 32.6. The molecule has 8 nitrogen and oxygen atoms in total. The Morgan fingerprint density at radius 3 is 2.27 bits per heavy atom. The molecule has 0 aliphatic carbocycles. The number of nitrogens with zero attached hydrogens (tertiary/aromatic N) is 1. The molecule has 45 heavy (non-hydrogen) atoms. The number of hydrogen-bond donors (Lipinski definition) is 2. The van der Waals surface area contributed by atoms with E-state index in [0.29, 0.717) is 30.2 Å². The van der Waals surface area contributed by atoms with Crippen LogP contribution in [0.4, 0.5) is 16.2 Å². The summed E-state index contributed by atoms with van der Waals surface area (Å²) in [7, 11) is 1.79. The molecule has 2 amide bonds. The Morgan fingerprint density at radius 2 is 1.60 bits per heavy atom.